The molecule has 4 rings (SSSR count). The van der Waals surface area contributed by atoms with Crippen LogP contribution in [-0.2, 0) is 0 Å². The highest BCUT2D eigenvalue weighted by Crippen LogP contribution is 2.28. The fourth-order valence-electron chi connectivity index (χ4n) is 3.49. The van der Waals surface area contributed by atoms with Gasteiger partial charge in [0.1, 0.15) is 5.82 Å². The normalized spacial score (nSPS) is 16.3. The lowest BCUT2D eigenvalue weighted by molar-refractivity contribution is 0.102. The molecule has 9 heteroatoms. The molecule has 154 valence electrons. The Kier molecular flexibility index (Phi) is 5.53. The number of hydrogen-bond acceptors (Lipinski definition) is 7. The van der Waals surface area contributed by atoms with Gasteiger partial charge in [-0.1, -0.05) is 0 Å². The summed E-state index contributed by atoms with van der Waals surface area (Å²) >= 11 is 0. The van der Waals surface area contributed by atoms with E-state index in [9.17, 15) is 9.18 Å². The average Bonchev–Trinajstić information content (AvgIpc) is 2.75. The number of amides is 1. The number of pyridine rings is 3. The van der Waals surface area contributed by atoms with Gasteiger partial charge in [-0.25, -0.2) is 9.37 Å². The van der Waals surface area contributed by atoms with Gasteiger partial charge in [-0.15, -0.1) is 0 Å². The predicted molar refractivity (Wildman–Crippen MR) is 113 cm³/mol. The minimum absolute atomic E-state index is 0.0590. The molecule has 5 N–H and O–H groups in total. The third-order valence-corrected chi connectivity index (χ3v) is 4.98. The van der Waals surface area contributed by atoms with Crippen molar-refractivity contribution in [3.05, 3.63) is 60.4 Å². The molecule has 8 nitrogen and oxygen atoms in total. The minimum Gasteiger partial charge on any atom is -0.397 e. The first kappa shape index (κ1) is 19.7. The molecule has 1 aliphatic rings. The van der Waals surface area contributed by atoms with Crippen molar-refractivity contribution in [2.45, 2.75) is 18.9 Å². The molecule has 1 unspecified atom stereocenters. The van der Waals surface area contributed by atoms with Crippen molar-refractivity contribution >= 4 is 23.0 Å². The first-order chi connectivity index (χ1) is 14.5. The lowest BCUT2D eigenvalue weighted by Crippen LogP contribution is -2.43. The number of rotatable bonds is 4. The van der Waals surface area contributed by atoms with Crippen LogP contribution in [0.15, 0.2) is 48.9 Å². The maximum Gasteiger partial charge on any atom is 0.276 e. The predicted octanol–water partition coefficient (Wildman–Crippen LogP) is 2.44. The summed E-state index contributed by atoms with van der Waals surface area (Å²) in [5, 5.41) is 2.86. The number of nitrogen functional groups attached to an aromatic ring is 1. The summed E-state index contributed by atoms with van der Waals surface area (Å²) < 4.78 is 13.1. The van der Waals surface area contributed by atoms with Crippen LogP contribution in [0.4, 0.5) is 21.5 Å². The highest BCUT2D eigenvalue weighted by molar-refractivity contribution is 6.07. The van der Waals surface area contributed by atoms with Crippen molar-refractivity contribution in [3.63, 3.8) is 0 Å². The van der Waals surface area contributed by atoms with Gasteiger partial charge in [-0.2, -0.15) is 0 Å². The van der Waals surface area contributed by atoms with E-state index in [0.29, 0.717) is 23.6 Å². The molecule has 0 aliphatic carbocycles. The van der Waals surface area contributed by atoms with E-state index in [0.717, 1.165) is 31.3 Å². The Balaban J connectivity index is 1.60. The molecule has 0 bridgehead atoms. The number of carbonyl (C=O) groups excluding carboxylic acids is 1. The maximum atomic E-state index is 13.1. The number of halogens is 1. The number of piperidine rings is 1. The van der Waals surface area contributed by atoms with Crippen molar-refractivity contribution in [1.82, 2.24) is 15.0 Å². The number of aromatic nitrogens is 3. The maximum absolute atomic E-state index is 13.1. The Morgan fingerprint density at radius 2 is 2.00 bits per heavy atom. The lowest BCUT2D eigenvalue weighted by Gasteiger charge is -2.33. The van der Waals surface area contributed by atoms with Crippen molar-refractivity contribution in [1.29, 1.82) is 0 Å². The smallest absolute Gasteiger partial charge is 0.276 e. The third-order valence-electron chi connectivity index (χ3n) is 4.98. The number of nitrogens with two attached hydrogens (primary N) is 2. The van der Waals surface area contributed by atoms with Gasteiger partial charge in [-0.3, -0.25) is 14.8 Å². The van der Waals surface area contributed by atoms with E-state index < -0.39 is 11.7 Å². The number of hydrogen-bond donors (Lipinski definition) is 3. The Bertz CT molecular complexity index is 1060. The molecule has 1 aliphatic heterocycles. The zero-order chi connectivity index (χ0) is 21.1. The van der Waals surface area contributed by atoms with Crippen LogP contribution >= 0.6 is 0 Å². The van der Waals surface area contributed by atoms with Gasteiger partial charge in [0.05, 0.1) is 40.8 Å². The monoisotopic (exact) mass is 407 g/mol. The summed E-state index contributed by atoms with van der Waals surface area (Å²) in [7, 11) is 0. The Labute approximate surface area is 173 Å². The van der Waals surface area contributed by atoms with Gasteiger partial charge < -0.3 is 21.7 Å². The molecule has 3 aromatic heterocycles. The average molecular weight is 407 g/mol. The number of nitrogens with one attached hydrogen (secondary N) is 1. The highest BCUT2D eigenvalue weighted by Gasteiger charge is 2.21. The number of carbonyl (C=O) groups is 1. The Hall–Kier alpha value is -3.59. The topological polar surface area (TPSA) is 123 Å². The van der Waals surface area contributed by atoms with E-state index in [1.807, 2.05) is 6.07 Å². The van der Waals surface area contributed by atoms with Crippen LogP contribution in [-0.4, -0.2) is 40.0 Å². The lowest BCUT2D eigenvalue weighted by atomic mass is 10.1. The SMILES string of the molecule is Nc1ccc(-c2ccc(F)cn2)nc1C(=O)Nc1cnccc1N1CCCC(N)C1. The van der Waals surface area contributed by atoms with Gasteiger partial charge in [0, 0.05) is 25.3 Å². The van der Waals surface area contributed by atoms with Crippen molar-refractivity contribution in [3.8, 4) is 11.4 Å². The number of nitrogens with zero attached hydrogens (tertiary/aromatic N) is 4. The van der Waals surface area contributed by atoms with E-state index in [1.165, 1.54) is 12.1 Å². The fourth-order valence-corrected chi connectivity index (χ4v) is 3.49. The molecule has 30 heavy (non-hydrogen) atoms. The largest absolute Gasteiger partial charge is 0.397 e. The molecule has 1 saturated heterocycles. The van der Waals surface area contributed by atoms with Gasteiger partial charge in [-0.05, 0) is 43.2 Å². The zero-order valence-corrected chi connectivity index (χ0v) is 16.3. The van der Waals surface area contributed by atoms with E-state index in [1.54, 1.807) is 24.5 Å². The minimum atomic E-state index is -0.466. The van der Waals surface area contributed by atoms with Crippen molar-refractivity contribution in [2.24, 2.45) is 5.73 Å². The zero-order valence-electron chi connectivity index (χ0n) is 16.3. The van der Waals surface area contributed by atoms with E-state index in [2.05, 4.69) is 25.2 Å². The van der Waals surface area contributed by atoms with Gasteiger partial charge in [0.25, 0.3) is 5.91 Å². The van der Waals surface area contributed by atoms with Crippen molar-refractivity contribution in [2.75, 3.05) is 29.0 Å². The van der Waals surface area contributed by atoms with Crippen LogP contribution < -0.4 is 21.7 Å². The van der Waals surface area contributed by atoms with Gasteiger partial charge in [0.15, 0.2) is 5.69 Å². The second-order valence-corrected chi connectivity index (χ2v) is 7.19. The van der Waals surface area contributed by atoms with Crippen LogP contribution in [0.5, 0.6) is 0 Å². The molecule has 0 saturated carbocycles. The molecular formula is C21H22FN7O. The first-order valence-electron chi connectivity index (χ1n) is 9.65. The van der Waals surface area contributed by atoms with Crippen LogP contribution in [0.2, 0.25) is 0 Å². The summed E-state index contributed by atoms with van der Waals surface area (Å²) in [6, 6.07) is 7.93. The molecule has 1 amide bonds. The molecule has 1 fully saturated rings. The first-order valence-corrected chi connectivity index (χ1v) is 9.65. The van der Waals surface area contributed by atoms with Crippen LogP contribution in [0, 0.1) is 5.82 Å². The van der Waals surface area contributed by atoms with Crippen LogP contribution in [0.3, 0.4) is 0 Å². The van der Waals surface area contributed by atoms with E-state index >= 15 is 0 Å². The summed E-state index contributed by atoms with van der Waals surface area (Å²) in [6.45, 7) is 1.56. The quantitative estimate of drug-likeness (QED) is 0.607. The van der Waals surface area contributed by atoms with Crippen LogP contribution in [0.1, 0.15) is 23.3 Å². The Morgan fingerprint density at radius 1 is 1.17 bits per heavy atom. The fraction of sp³-hybridized carbons (Fsp3) is 0.238. The summed E-state index contributed by atoms with van der Waals surface area (Å²) in [5.74, 6) is -0.916. The molecular weight excluding hydrogens is 385 g/mol. The molecule has 4 heterocycles. The second kappa shape index (κ2) is 8.42. The Morgan fingerprint density at radius 3 is 2.77 bits per heavy atom. The molecule has 0 spiro atoms. The second-order valence-electron chi connectivity index (χ2n) is 7.19. The highest BCUT2D eigenvalue weighted by atomic mass is 19.1. The van der Waals surface area contributed by atoms with Crippen LogP contribution in [0.25, 0.3) is 11.4 Å². The summed E-state index contributed by atoms with van der Waals surface area (Å²) in [4.78, 5) is 27.6. The standard InChI is InChI=1S/C21H22FN7O/c22-13-3-5-16(26-10-13)17-6-4-15(24)20(27-17)21(30)28-18-11-25-8-7-19(18)29-9-1-2-14(23)12-29/h3-8,10-11,14H,1-2,9,12,23-24H2,(H,28,30). The van der Waals surface area contributed by atoms with Gasteiger partial charge in [0.2, 0.25) is 0 Å². The summed E-state index contributed by atoms with van der Waals surface area (Å²) in [6.07, 6.45) is 6.33. The summed E-state index contributed by atoms with van der Waals surface area (Å²) in [5.41, 5.74) is 14.7. The molecule has 1 atom stereocenters. The number of anilines is 3. The third kappa shape index (κ3) is 4.20. The van der Waals surface area contributed by atoms with Gasteiger partial charge >= 0.3 is 0 Å². The molecule has 0 aromatic carbocycles. The van der Waals surface area contributed by atoms with E-state index in [-0.39, 0.29) is 17.4 Å². The van der Waals surface area contributed by atoms with E-state index in [4.69, 9.17) is 11.5 Å². The molecule has 3 aromatic rings. The van der Waals surface area contributed by atoms with Crippen molar-refractivity contribution < 1.29 is 9.18 Å². The molecule has 0 radical (unpaired) electrons.